The summed E-state index contributed by atoms with van der Waals surface area (Å²) in [7, 11) is 0. The van der Waals surface area contributed by atoms with Crippen molar-refractivity contribution in [2.45, 2.75) is 6.42 Å². The quantitative estimate of drug-likeness (QED) is 0.789. The minimum absolute atomic E-state index is 0.0891. The zero-order valence-corrected chi connectivity index (χ0v) is 13.5. The van der Waals surface area contributed by atoms with Gasteiger partial charge in [0.05, 0.1) is 10.7 Å². The summed E-state index contributed by atoms with van der Waals surface area (Å²) in [6, 6.07) is 11.5. The number of fused-ring (bicyclic) bond motifs is 1. The SMILES string of the molecule is OCCc1ccccc1-n1ccnc1-c1cc2c(cc1Cl)OCO2. The molecule has 0 unspecified atom stereocenters. The lowest BCUT2D eigenvalue weighted by Gasteiger charge is -2.13. The molecule has 0 radical (unpaired) electrons. The summed E-state index contributed by atoms with van der Waals surface area (Å²) in [6.45, 7) is 0.286. The average Bonchev–Trinajstić information content (AvgIpc) is 3.23. The van der Waals surface area contributed by atoms with E-state index in [1.54, 1.807) is 12.3 Å². The fraction of sp³-hybridized carbons (Fsp3) is 0.167. The molecule has 0 spiro atoms. The molecular formula is C18H15ClN2O3. The highest BCUT2D eigenvalue weighted by Gasteiger charge is 2.20. The topological polar surface area (TPSA) is 56.5 Å². The molecule has 4 rings (SSSR count). The second kappa shape index (κ2) is 6.19. The molecule has 1 N–H and O–H groups in total. The van der Waals surface area contributed by atoms with E-state index in [1.807, 2.05) is 41.1 Å². The lowest BCUT2D eigenvalue weighted by atomic mass is 10.1. The summed E-state index contributed by atoms with van der Waals surface area (Å²) >= 11 is 6.43. The van der Waals surface area contributed by atoms with Crippen LogP contribution >= 0.6 is 11.6 Å². The maximum Gasteiger partial charge on any atom is 0.231 e. The zero-order chi connectivity index (χ0) is 16.5. The van der Waals surface area contributed by atoms with Crippen molar-refractivity contribution in [3.05, 3.63) is 59.4 Å². The first kappa shape index (κ1) is 15.1. The second-order valence-corrected chi connectivity index (χ2v) is 5.82. The molecule has 2 heterocycles. The number of nitrogens with zero attached hydrogens (tertiary/aromatic N) is 2. The van der Waals surface area contributed by atoms with Gasteiger partial charge in [0, 0.05) is 30.6 Å². The van der Waals surface area contributed by atoms with Crippen LogP contribution in [0.3, 0.4) is 0 Å². The maximum absolute atomic E-state index is 9.30. The Bertz CT molecular complexity index is 892. The molecule has 122 valence electrons. The summed E-state index contributed by atoms with van der Waals surface area (Å²) in [5.41, 5.74) is 2.77. The Labute approximate surface area is 144 Å². The van der Waals surface area contributed by atoms with Crippen LogP contribution in [-0.2, 0) is 6.42 Å². The van der Waals surface area contributed by atoms with Crippen LogP contribution in [-0.4, -0.2) is 28.1 Å². The molecule has 1 aliphatic heterocycles. The first-order valence-electron chi connectivity index (χ1n) is 7.60. The molecule has 1 aromatic heterocycles. The van der Waals surface area contributed by atoms with Gasteiger partial charge < -0.3 is 14.6 Å². The van der Waals surface area contributed by atoms with Crippen molar-refractivity contribution in [3.8, 4) is 28.6 Å². The Balaban J connectivity index is 1.85. The van der Waals surface area contributed by atoms with E-state index in [0.717, 1.165) is 16.8 Å². The number of halogens is 1. The lowest BCUT2D eigenvalue weighted by Crippen LogP contribution is -2.03. The Hall–Kier alpha value is -2.50. The smallest absolute Gasteiger partial charge is 0.231 e. The largest absolute Gasteiger partial charge is 0.454 e. The van der Waals surface area contributed by atoms with Crippen LogP contribution in [0.2, 0.25) is 5.02 Å². The van der Waals surface area contributed by atoms with Crippen LogP contribution in [0.15, 0.2) is 48.8 Å². The van der Waals surface area contributed by atoms with Crippen molar-refractivity contribution in [1.29, 1.82) is 0 Å². The third-order valence-corrected chi connectivity index (χ3v) is 4.29. The van der Waals surface area contributed by atoms with Gasteiger partial charge in [-0.05, 0) is 24.1 Å². The van der Waals surface area contributed by atoms with Gasteiger partial charge >= 0.3 is 0 Å². The van der Waals surface area contributed by atoms with Crippen LogP contribution in [0.4, 0.5) is 0 Å². The van der Waals surface area contributed by atoms with E-state index in [-0.39, 0.29) is 13.4 Å². The third kappa shape index (κ3) is 2.52. The summed E-state index contributed by atoms with van der Waals surface area (Å²) in [5, 5.41) is 9.85. The number of aromatic nitrogens is 2. The van der Waals surface area contributed by atoms with E-state index in [0.29, 0.717) is 28.8 Å². The molecule has 0 saturated carbocycles. The number of para-hydroxylation sites is 1. The number of aliphatic hydroxyl groups excluding tert-OH is 1. The minimum atomic E-state index is 0.0891. The highest BCUT2D eigenvalue weighted by atomic mass is 35.5. The van der Waals surface area contributed by atoms with Crippen LogP contribution in [0, 0.1) is 0 Å². The van der Waals surface area contributed by atoms with E-state index >= 15 is 0 Å². The first-order chi connectivity index (χ1) is 11.8. The number of hydrogen-bond donors (Lipinski definition) is 1. The van der Waals surface area contributed by atoms with Crippen molar-refractivity contribution >= 4 is 11.6 Å². The monoisotopic (exact) mass is 342 g/mol. The summed E-state index contributed by atoms with van der Waals surface area (Å²) < 4.78 is 12.8. The Morgan fingerprint density at radius 3 is 2.79 bits per heavy atom. The fourth-order valence-corrected chi connectivity index (χ4v) is 3.10. The molecule has 1 aliphatic rings. The van der Waals surface area contributed by atoms with Crippen LogP contribution in [0.1, 0.15) is 5.56 Å². The predicted octanol–water partition coefficient (Wildman–Crippen LogP) is 3.46. The molecule has 5 nitrogen and oxygen atoms in total. The maximum atomic E-state index is 9.30. The molecule has 2 aromatic carbocycles. The lowest BCUT2D eigenvalue weighted by molar-refractivity contribution is 0.174. The van der Waals surface area contributed by atoms with E-state index in [9.17, 15) is 5.11 Å². The van der Waals surface area contributed by atoms with Gasteiger partial charge in [-0.25, -0.2) is 4.98 Å². The average molecular weight is 343 g/mol. The molecule has 0 amide bonds. The van der Waals surface area contributed by atoms with Gasteiger partial charge in [-0.1, -0.05) is 29.8 Å². The molecule has 6 heteroatoms. The third-order valence-electron chi connectivity index (χ3n) is 3.98. The van der Waals surface area contributed by atoms with Gasteiger partial charge in [0.25, 0.3) is 0 Å². The fourth-order valence-electron chi connectivity index (χ4n) is 2.86. The highest BCUT2D eigenvalue weighted by molar-refractivity contribution is 6.33. The van der Waals surface area contributed by atoms with Crippen LogP contribution < -0.4 is 9.47 Å². The number of benzene rings is 2. The van der Waals surface area contributed by atoms with Crippen LogP contribution in [0.25, 0.3) is 17.1 Å². The van der Waals surface area contributed by atoms with Crippen molar-refractivity contribution in [2.24, 2.45) is 0 Å². The number of rotatable bonds is 4. The molecular weight excluding hydrogens is 328 g/mol. The van der Waals surface area contributed by atoms with Crippen molar-refractivity contribution in [1.82, 2.24) is 9.55 Å². The Morgan fingerprint density at radius 1 is 1.17 bits per heavy atom. The summed E-state index contributed by atoms with van der Waals surface area (Å²) in [6.07, 6.45) is 4.18. The second-order valence-electron chi connectivity index (χ2n) is 5.41. The van der Waals surface area contributed by atoms with Gasteiger partial charge in [0.15, 0.2) is 11.5 Å². The van der Waals surface area contributed by atoms with E-state index in [2.05, 4.69) is 4.98 Å². The summed E-state index contributed by atoms with van der Waals surface area (Å²) in [4.78, 5) is 4.47. The van der Waals surface area contributed by atoms with Gasteiger partial charge in [0.1, 0.15) is 5.82 Å². The van der Waals surface area contributed by atoms with Crippen LogP contribution in [0.5, 0.6) is 11.5 Å². The van der Waals surface area contributed by atoms with Crippen molar-refractivity contribution < 1.29 is 14.6 Å². The molecule has 3 aromatic rings. The van der Waals surface area contributed by atoms with Gasteiger partial charge in [-0.2, -0.15) is 0 Å². The molecule has 24 heavy (non-hydrogen) atoms. The van der Waals surface area contributed by atoms with Gasteiger partial charge in [-0.3, -0.25) is 4.57 Å². The number of hydrogen-bond acceptors (Lipinski definition) is 4. The van der Waals surface area contributed by atoms with Gasteiger partial charge in [-0.15, -0.1) is 0 Å². The molecule has 0 aliphatic carbocycles. The Kier molecular flexibility index (Phi) is 3.88. The number of ether oxygens (including phenoxy) is 2. The van der Waals surface area contributed by atoms with E-state index in [4.69, 9.17) is 21.1 Å². The van der Waals surface area contributed by atoms with Crippen molar-refractivity contribution in [3.63, 3.8) is 0 Å². The molecule has 0 saturated heterocycles. The molecule has 0 atom stereocenters. The molecule has 0 fully saturated rings. The standard InChI is InChI=1S/C18H15ClN2O3/c19-14-10-17-16(23-11-24-17)9-13(14)18-20-6-7-21(18)15-4-2-1-3-12(15)5-8-22/h1-4,6-7,9-10,22H,5,8,11H2. The highest BCUT2D eigenvalue weighted by Crippen LogP contribution is 2.41. The minimum Gasteiger partial charge on any atom is -0.454 e. The summed E-state index contributed by atoms with van der Waals surface area (Å²) in [5.74, 6) is 2.01. The predicted molar refractivity (Wildman–Crippen MR) is 90.9 cm³/mol. The van der Waals surface area contributed by atoms with E-state index < -0.39 is 0 Å². The van der Waals surface area contributed by atoms with Gasteiger partial charge in [0.2, 0.25) is 6.79 Å². The van der Waals surface area contributed by atoms with Crippen molar-refractivity contribution in [2.75, 3.05) is 13.4 Å². The molecule has 0 bridgehead atoms. The number of imidazole rings is 1. The normalized spacial score (nSPS) is 12.6. The zero-order valence-electron chi connectivity index (χ0n) is 12.8. The van der Waals surface area contributed by atoms with E-state index in [1.165, 1.54) is 0 Å². The Morgan fingerprint density at radius 2 is 1.96 bits per heavy atom. The number of aliphatic hydroxyl groups is 1. The first-order valence-corrected chi connectivity index (χ1v) is 7.97.